The Kier molecular flexibility index (Phi) is 2.67. The smallest absolute Gasteiger partial charge is 0.153 e. The van der Waals surface area contributed by atoms with Gasteiger partial charge in [0.15, 0.2) is 5.15 Å². The Balaban J connectivity index is 1.97. The van der Waals surface area contributed by atoms with Gasteiger partial charge in [-0.05, 0) is 6.07 Å². The fourth-order valence-electron chi connectivity index (χ4n) is 1.84. The van der Waals surface area contributed by atoms with Gasteiger partial charge in [0, 0.05) is 32.2 Å². The van der Waals surface area contributed by atoms with Crippen molar-refractivity contribution in [3.8, 4) is 0 Å². The van der Waals surface area contributed by atoms with Gasteiger partial charge in [0.2, 0.25) is 0 Å². The number of aromatic nitrogens is 2. The summed E-state index contributed by atoms with van der Waals surface area (Å²) in [7, 11) is 0. The molecule has 1 saturated heterocycles. The van der Waals surface area contributed by atoms with Crippen molar-refractivity contribution >= 4 is 38.2 Å². The lowest BCUT2D eigenvalue weighted by molar-refractivity contribution is 0.592. The third-order valence-electron chi connectivity index (χ3n) is 2.66. The largest absolute Gasteiger partial charge is 0.361 e. The van der Waals surface area contributed by atoms with Crippen LogP contribution in [-0.4, -0.2) is 36.4 Å². The van der Waals surface area contributed by atoms with Crippen LogP contribution in [-0.2, 0) is 0 Å². The minimum Gasteiger partial charge on any atom is -0.361 e. The zero-order valence-corrected chi connectivity index (χ0v) is 10.2. The second kappa shape index (κ2) is 4.16. The number of nitrogens with one attached hydrogen (secondary N) is 1. The molecule has 0 amide bonds. The molecule has 3 rings (SSSR count). The van der Waals surface area contributed by atoms with Crippen LogP contribution in [0, 0.1) is 0 Å². The Morgan fingerprint density at radius 2 is 2.06 bits per heavy atom. The van der Waals surface area contributed by atoms with E-state index >= 15 is 0 Å². The zero-order valence-electron chi connectivity index (χ0n) is 8.61. The summed E-state index contributed by atoms with van der Waals surface area (Å²) in [4.78, 5) is 2.37. The Hall–Kier alpha value is -0.910. The van der Waals surface area contributed by atoms with Crippen LogP contribution in [0.3, 0.4) is 0 Å². The second-order valence-electron chi connectivity index (χ2n) is 3.74. The van der Waals surface area contributed by atoms with Crippen LogP contribution < -0.4 is 10.2 Å². The van der Waals surface area contributed by atoms with Crippen molar-refractivity contribution in [1.82, 2.24) is 15.5 Å². The Morgan fingerprint density at radius 3 is 2.88 bits per heavy atom. The van der Waals surface area contributed by atoms with E-state index in [1.54, 1.807) is 11.3 Å². The van der Waals surface area contributed by atoms with E-state index in [0.29, 0.717) is 5.15 Å². The van der Waals surface area contributed by atoms with Crippen molar-refractivity contribution in [2.75, 3.05) is 31.1 Å². The normalized spacial score (nSPS) is 16.9. The lowest BCUT2D eigenvalue weighted by Crippen LogP contribution is -2.43. The van der Waals surface area contributed by atoms with Crippen LogP contribution in [0.25, 0.3) is 10.2 Å². The lowest BCUT2D eigenvalue weighted by Gasteiger charge is -2.27. The molecule has 0 aromatic carbocycles. The second-order valence-corrected chi connectivity index (χ2v) is 5.19. The van der Waals surface area contributed by atoms with Gasteiger partial charge >= 0.3 is 0 Å². The number of nitrogens with zero attached hydrogens (tertiary/aromatic N) is 3. The van der Waals surface area contributed by atoms with Gasteiger partial charge < -0.3 is 10.2 Å². The van der Waals surface area contributed by atoms with E-state index in [1.807, 2.05) is 6.07 Å². The number of anilines is 1. The highest BCUT2D eigenvalue weighted by molar-refractivity contribution is 7.22. The summed E-state index contributed by atoms with van der Waals surface area (Å²) in [5.41, 5.74) is 0.933. The lowest BCUT2D eigenvalue weighted by atomic mass is 10.3. The monoisotopic (exact) mass is 254 g/mol. The van der Waals surface area contributed by atoms with Crippen molar-refractivity contribution in [1.29, 1.82) is 0 Å². The van der Waals surface area contributed by atoms with Crippen LogP contribution in [0.5, 0.6) is 0 Å². The molecule has 16 heavy (non-hydrogen) atoms. The van der Waals surface area contributed by atoms with E-state index < -0.39 is 0 Å². The molecule has 0 spiro atoms. The average molecular weight is 255 g/mol. The first-order valence-corrected chi connectivity index (χ1v) is 6.41. The molecule has 0 radical (unpaired) electrons. The molecule has 1 N–H and O–H groups in total. The summed E-state index contributed by atoms with van der Waals surface area (Å²) in [5.74, 6) is 0. The molecule has 84 valence electrons. The number of rotatable bonds is 1. The average Bonchev–Trinajstić information content (AvgIpc) is 2.73. The molecule has 0 saturated carbocycles. The van der Waals surface area contributed by atoms with Gasteiger partial charge in [-0.2, -0.15) is 0 Å². The highest BCUT2D eigenvalue weighted by Gasteiger charge is 2.13. The highest BCUT2D eigenvalue weighted by Crippen LogP contribution is 2.32. The van der Waals surface area contributed by atoms with Crippen molar-refractivity contribution in [3.63, 3.8) is 0 Å². The van der Waals surface area contributed by atoms with E-state index in [1.165, 1.54) is 5.00 Å². The molecule has 3 heterocycles. The van der Waals surface area contributed by atoms with E-state index in [-0.39, 0.29) is 0 Å². The van der Waals surface area contributed by atoms with Gasteiger partial charge in [-0.15, -0.1) is 21.5 Å². The molecule has 0 unspecified atom stereocenters. The molecule has 2 aromatic rings. The van der Waals surface area contributed by atoms with Crippen LogP contribution in [0.2, 0.25) is 5.15 Å². The molecular weight excluding hydrogens is 244 g/mol. The summed E-state index contributed by atoms with van der Waals surface area (Å²) in [6.45, 7) is 4.18. The fraction of sp³-hybridized carbons (Fsp3) is 0.400. The standard InChI is InChI=1S/C10H11ClN4S/c11-9-6-8-7(13-14-9)5-10(16-8)15-3-1-12-2-4-15/h5-6,12H,1-4H2. The molecule has 0 aliphatic carbocycles. The summed E-state index contributed by atoms with van der Waals surface area (Å²) in [6, 6.07) is 3.97. The highest BCUT2D eigenvalue weighted by atomic mass is 35.5. The summed E-state index contributed by atoms with van der Waals surface area (Å²) in [6.07, 6.45) is 0. The predicted molar refractivity (Wildman–Crippen MR) is 67.5 cm³/mol. The molecule has 6 heteroatoms. The molecular formula is C10H11ClN4S. The van der Waals surface area contributed by atoms with Gasteiger partial charge in [-0.1, -0.05) is 11.6 Å². The molecule has 4 nitrogen and oxygen atoms in total. The third-order valence-corrected chi connectivity index (χ3v) is 3.98. The van der Waals surface area contributed by atoms with Crippen LogP contribution >= 0.6 is 22.9 Å². The van der Waals surface area contributed by atoms with Gasteiger partial charge in [-0.3, -0.25) is 0 Å². The number of piperazine rings is 1. The Labute approximate surface area is 102 Å². The first-order chi connectivity index (χ1) is 7.83. The van der Waals surface area contributed by atoms with Crippen LogP contribution in [0.15, 0.2) is 12.1 Å². The molecule has 1 aliphatic rings. The summed E-state index contributed by atoms with van der Waals surface area (Å²) in [5, 5.41) is 13.0. The number of thiophene rings is 1. The molecule has 0 atom stereocenters. The van der Waals surface area contributed by atoms with E-state index in [9.17, 15) is 0 Å². The van der Waals surface area contributed by atoms with Gasteiger partial charge in [0.05, 0.1) is 9.70 Å². The predicted octanol–water partition coefficient (Wildman–Crippen LogP) is 1.75. The van der Waals surface area contributed by atoms with E-state index in [2.05, 4.69) is 26.5 Å². The van der Waals surface area contributed by atoms with E-state index in [4.69, 9.17) is 11.6 Å². The topological polar surface area (TPSA) is 41.0 Å². The Bertz CT molecular complexity index is 506. The maximum Gasteiger partial charge on any atom is 0.153 e. The van der Waals surface area contributed by atoms with Crippen molar-refractivity contribution in [3.05, 3.63) is 17.3 Å². The minimum atomic E-state index is 0.459. The maximum atomic E-state index is 5.82. The zero-order chi connectivity index (χ0) is 11.0. The van der Waals surface area contributed by atoms with Crippen molar-refractivity contribution < 1.29 is 0 Å². The number of hydrogen-bond acceptors (Lipinski definition) is 5. The first-order valence-electron chi connectivity index (χ1n) is 5.21. The number of halogens is 1. The summed E-state index contributed by atoms with van der Waals surface area (Å²) < 4.78 is 1.11. The van der Waals surface area contributed by atoms with Crippen LogP contribution in [0.4, 0.5) is 5.00 Å². The van der Waals surface area contributed by atoms with Crippen molar-refractivity contribution in [2.45, 2.75) is 0 Å². The molecule has 1 aliphatic heterocycles. The van der Waals surface area contributed by atoms with Gasteiger partial charge in [0.25, 0.3) is 0 Å². The van der Waals surface area contributed by atoms with Gasteiger partial charge in [0.1, 0.15) is 5.52 Å². The van der Waals surface area contributed by atoms with Gasteiger partial charge in [-0.25, -0.2) is 0 Å². The molecule has 0 bridgehead atoms. The maximum absolute atomic E-state index is 5.82. The SMILES string of the molecule is Clc1cc2sc(N3CCNCC3)cc2nn1. The minimum absolute atomic E-state index is 0.459. The Morgan fingerprint density at radius 1 is 1.25 bits per heavy atom. The van der Waals surface area contributed by atoms with Crippen LogP contribution in [0.1, 0.15) is 0 Å². The third kappa shape index (κ3) is 1.86. The van der Waals surface area contributed by atoms with Crippen molar-refractivity contribution in [2.24, 2.45) is 0 Å². The number of hydrogen-bond donors (Lipinski definition) is 1. The number of fused-ring (bicyclic) bond motifs is 1. The first kappa shape index (κ1) is 10.3. The van der Waals surface area contributed by atoms with E-state index in [0.717, 1.165) is 36.4 Å². The fourth-order valence-corrected chi connectivity index (χ4v) is 3.14. The molecule has 1 fully saturated rings. The quantitative estimate of drug-likeness (QED) is 0.842. The summed E-state index contributed by atoms with van der Waals surface area (Å²) >= 11 is 7.55. The molecule has 2 aromatic heterocycles.